The van der Waals surface area contributed by atoms with Crippen LogP contribution in [-0.4, -0.2) is 54.6 Å². The lowest BCUT2D eigenvalue weighted by Crippen LogP contribution is -2.52. The number of hydrogen-bond donors (Lipinski definition) is 4. The number of rotatable bonds is 6. The Bertz CT molecular complexity index is 744. The number of amides is 5. The highest BCUT2D eigenvalue weighted by molar-refractivity contribution is 5.84. The highest BCUT2D eigenvalue weighted by Crippen LogP contribution is 2.18. The molecule has 5 amide bonds. The van der Waals surface area contributed by atoms with E-state index in [4.69, 9.17) is 0 Å². The molecule has 4 N–H and O–H groups in total. The molecule has 1 aliphatic carbocycles. The topological polar surface area (TPSA) is 103 Å². The number of hydrogen-bond acceptors (Lipinski definition) is 3. The molecule has 0 unspecified atom stereocenters. The van der Waals surface area contributed by atoms with Crippen molar-refractivity contribution in [2.45, 2.75) is 63.6 Å². The predicted molar refractivity (Wildman–Crippen MR) is 115 cm³/mol. The Labute approximate surface area is 182 Å². The molecule has 8 nitrogen and oxygen atoms in total. The van der Waals surface area contributed by atoms with Crippen LogP contribution >= 0.6 is 0 Å². The van der Waals surface area contributed by atoms with Crippen LogP contribution in [0.4, 0.5) is 14.0 Å². The quantitative estimate of drug-likeness (QED) is 0.553. The molecule has 2 aliphatic rings. The molecule has 31 heavy (non-hydrogen) atoms. The van der Waals surface area contributed by atoms with Crippen LogP contribution in [0.15, 0.2) is 24.3 Å². The lowest BCUT2D eigenvalue weighted by Gasteiger charge is -2.34. The summed E-state index contributed by atoms with van der Waals surface area (Å²) in [5, 5.41) is 11.2. The van der Waals surface area contributed by atoms with E-state index in [1.807, 2.05) is 4.90 Å². The molecule has 9 heteroatoms. The van der Waals surface area contributed by atoms with Gasteiger partial charge in [-0.05, 0) is 43.4 Å². The Kier molecular flexibility index (Phi) is 8.49. The summed E-state index contributed by atoms with van der Waals surface area (Å²) in [5.41, 5.74) is 0.764. The molecule has 0 spiro atoms. The van der Waals surface area contributed by atoms with E-state index in [0.717, 1.165) is 18.4 Å². The van der Waals surface area contributed by atoms with Crippen LogP contribution in [0.1, 0.15) is 50.5 Å². The van der Waals surface area contributed by atoms with E-state index in [0.29, 0.717) is 32.0 Å². The van der Waals surface area contributed by atoms with Gasteiger partial charge in [0.25, 0.3) is 0 Å². The summed E-state index contributed by atoms with van der Waals surface area (Å²) >= 11 is 0. The van der Waals surface area contributed by atoms with Crippen molar-refractivity contribution in [1.29, 1.82) is 0 Å². The Morgan fingerprint density at radius 3 is 2.19 bits per heavy atom. The lowest BCUT2D eigenvalue weighted by atomic mass is 9.95. The largest absolute Gasteiger partial charge is 0.352 e. The van der Waals surface area contributed by atoms with Gasteiger partial charge in [-0.1, -0.05) is 31.4 Å². The van der Waals surface area contributed by atoms with Gasteiger partial charge < -0.3 is 26.2 Å². The van der Waals surface area contributed by atoms with Crippen LogP contribution in [0.3, 0.4) is 0 Å². The van der Waals surface area contributed by atoms with Gasteiger partial charge in [-0.2, -0.15) is 0 Å². The number of nitrogens with one attached hydrogen (secondary N) is 4. The van der Waals surface area contributed by atoms with Crippen LogP contribution in [0.2, 0.25) is 0 Å². The van der Waals surface area contributed by atoms with Crippen molar-refractivity contribution in [1.82, 2.24) is 26.2 Å². The number of likely N-dealkylation sites (tertiary alicyclic amines) is 1. The molecule has 1 heterocycles. The fourth-order valence-corrected chi connectivity index (χ4v) is 4.03. The van der Waals surface area contributed by atoms with Gasteiger partial charge in [-0.15, -0.1) is 0 Å². The maximum Gasteiger partial charge on any atom is 0.317 e. The smallest absolute Gasteiger partial charge is 0.317 e. The number of carbonyl (C=O) groups is 3. The average molecular weight is 434 g/mol. The summed E-state index contributed by atoms with van der Waals surface area (Å²) in [5.74, 6) is -0.595. The number of urea groups is 2. The van der Waals surface area contributed by atoms with Crippen LogP contribution < -0.4 is 21.3 Å². The molecule has 2 fully saturated rings. The molecule has 1 saturated carbocycles. The van der Waals surface area contributed by atoms with Crippen molar-refractivity contribution in [3.63, 3.8) is 0 Å². The van der Waals surface area contributed by atoms with Crippen molar-refractivity contribution in [2.75, 3.05) is 19.6 Å². The van der Waals surface area contributed by atoms with Gasteiger partial charge >= 0.3 is 12.1 Å². The zero-order chi connectivity index (χ0) is 22.1. The predicted octanol–water partition coefficient (Wildman–Crippen LogP) is 2.25. The van der Waals surface area contributed by atoms with Gasteiger partial charge in [0, 0.05) is 31.7 Å². The SMILES string of the molecule is O=C(CNC(=O)NCc1ccc(F)cc1)NC1CCN(C(=O)NC2CCCCC2)CC1. The maximum atomic E-state index is 12.9. The van der Waals surface area contributed by atoms with Crippen LogP contribution in [0.5, 0.6) is 0 Å². The molecular formula is C22H32FN5O3. The fourth-order valence-electron chi connectivity index (χ4n) is 4.03. The number of carbonyl (C=O) groups excluding carboxylic acids is 3. The molecule has 0 aromatic heterocycles. The molecule has 3 rings (SSSR count). The summed E-state index contributed by atoms with van der Waals surface area (Å²) in [6.45, 7) is 1.33. The fraction of sp³-hybridized carbons (Fsp3) is 0.591. The lowest BCUT2D eigenvalue weighted by molar-refractivity contribution is -0.121. The van der Waals surface area contributed by atoms with Crippen molar-refractivity contribution in [3.8, 4) is 0 Å². The second-order valence-corrected chi connectivity index (χ2v) is 8.28. The minimum Gasteiger partial charge on any atom is -0.352 e. The van der Waals surface area contributed by atoms with Gasteiger partial charge in [0.2, 0.25) is 5.91 Å². The maximum absolute atomic E-state index is 12.9. The number of halogens is 1. The molecule has 1 aromatic rings. The first-order valence-corrected chi connectivity index (χ1v) is 11.1. The van der Waals surface area contributed by atoms with E-state index >= 15 is 0 Å². The summed E-state index contributed by atoms with van der Waals surface area (Å²) in [6, 6.07) is 5.65. The van der Waals surface area contributed by atoms with Crippen LogP contribution in [-0.2, 0) is 11.3 Å². The van der Waals surface area contributed by atoms with Gasteiger partial charge in [0.1, 0.15) is 5.82 Å². The summed E-state index contributed by atoms with van der Waals surface area (Å²) < 4.78 is 12.9. The molecule has 1 saturated heterocycles. The Hall–Kier alpha value is -2.84. The monoisotopic (exact) mass is 433 g/mol. The van der Waals surface area contributed by atoms with Crippen molar-refractivity contribution in [3.05, 3.63) is 35.6 Å². The third-order valence-corrected chi connectivity index (χ3v) is 5.86. The van der Waals surface area contributed by atoms with E-state index in [1.54, 1.807) is 12.1 Å². The van der Waals surface area contributed by atoms with Crippen molar-refractivity contribution >= 4 is 18.0 Å². The first kappa shape index (κ1) is 22.8. The second-order valence-electron chi connectivity index (χ2n) is 8.28. The first-order valence-electron chi connectivity index (χ1n) is 11.1. The van der Waals surface area contributed by atoms with E-state index in [9.17, 15) is 18.8 Å². The Morgan fingerprint density at radius 2 is 1.52 bits per heavy atom. The molecule has 1 aromatic carbocycles. The van der Waals surface area contributed by atoms with E-state index in [1.165, 1.54) is 31.4 Å². The minimum absolute atomic E-state index is 0.00355. The van der Waals surface area contributed by atoms with Gasteiger partial charge in [-0.3, -0.25) is 4.79 Å². The highest BCUT2D eigenvalue weighted by Gasteiger charge is 2.25. The number of nitrogens with zero attached hydrogens (tertiary/aromatic N) is 1. The zero-order valence-corrected chi connectivity index (χ0v) is 17.8. The third kappa shape index (κ3) is 7.73. The Balaban J connectivity index is 1.28. The third-order valence-electron chi connectivity index (χ3n) is 5.86. The van der Waals surface area contributed by atoms with E-state index in [-0.39, 0.29) is 36.9 Å². The average Bonchev–Trinajstić information content (AvgIpc) is 2.78. The standard InChI is InChI=1S/C22H32FN5O3/c23-17-8-6-16(7-9-17)14-24-21(30)25-15-20(29)26-19-10-12-28(13-11-19)22(31)27-18-4-2-1-3-5-18/h6-9,18-19H,1-5,10-15H2,(H,26,29)(H,27,31)(H2,24,25,30). The summed E-state index contributed by atoms with van der Waals surface area (Å²) in [6.07, 6.45) is 7.11. The van der Waals surface area contributed by atoms with Gasteiger partial charge in [0.05, 0.1) is 6.54 Å². The van der Waals surface area contributed by atoms with Crippen LogP contribution in [0, 0.1) is 5.82 Å². The van der Waals surface area contributed by atoms with Gasteiger partial charge in [-0.25, -0.2) is 14.0 Å². The number of benzene rings is 1. The Morgan fingerprint density at radius 1 is 0.871 bits per heavy atom. The normalized spacial score (nSPS) is 17.6. The second kappa shape index (κ2) is 11.5. The molecule has 170 valence electrons. The minimum atomic E-state index is -0.464. The van der Waals surface area contributed by atoms with Crippen molar-refractivity contribution in [2.24, 2.45) is 0 Å². The zero-order valence-electron chi connectivity index (χ0n) is 17.8. The van der Waals surface area contributed by atoms with Gasteiger partial charge in [0.15, 0.2) is 0 Å². The summed E-state index contributed by atoms with van der Waals surface area (Å²) in [7, 11) is 0. The summed E-state index contributed by atoms with van der Waals surface area (Å²) in [4.78, 5) is 38.2. The van der Waals surface area contributed by atoms with Crippen molar-refractivity contribution < 1.29 is 18.8 Å². The molecule has 1 aliphatic heterocycles. The molecule has 0 bridgehead atoms. The number of piperidine rings is 1. The molecule has 0 radical (unpaired) electrons. The van der Waals surface area contributed by atoms with E-state index < -0.39 is 6.03 Å². The molecule has 0 atom stereocenters. The van der Waals surface area contributed by atoms with Crippen LogP contribution in [0.25, 0.3) is 0 Å². The first-order chi connectivity index (χ1) is 15.0. The highest BCUT2D eigenvalue weighted by atomic mass is 19.1. The van der Waals surface area contributed by atoms with E-state index in [2.05, 4.69) is 21.3 Å². The molecular weight excluding hydrogens is 401 g/mol.